The highest BCUT2D eigenvalue weighted by atomic mass is 35.5. The van der Waals surface area contributed by atoms with Crippen molar-refractivity contribution in [2.45, 2.75) is 12.2 Å². The van der Waals surface area contributed by atoms with Crippen molar-refractivity contribution in [3.05, 3.63) is 70.7 Å². The second-order valence-corrected chi connectivity index (χ2v) is 5.73. The molecule has 0 saturated carbocycles. The number of hydrogen-bond donors (Lipinski definition) is 3. The third kappa shape index (κ3) is 5.53. The predicted molar refractivity (Wildman–Crippen MR) is 94.0 cm³/mol. The minimum atomic E-state index is -0.791. The van der Waals surface area contributed by atoms with E-state index in [-0.39, 0.29) is 18.7 Å². The first-order chi connectivity index (χ1) is 11.6. The monoisotopic (exact) mass is 348 g/mol. The first-order valence-corrected chi connectivity index (χ1v) is 8.01. The van der Waals surface area contributed by atoms with Gasteiger partial charge in [0, 0.05) is 25.2 Å². The maximum Gasteiger partial charge on any atom is 0.314 e. The number of methoxy groups -OCH3 is 1. The van der Waals surface area contributed by atoms with Crippen LogP contribution in [-0.2, 0) is 4.74 Å². The van der Waals surface area contributed by atoms with Gasteiger partial charge < -0.3 is 20.5 Å². The Morgan fingerprint density at radius 1 is 1.04 bits per heavy atom. The van der Waals surface area contributed by atoms with Gasteiger partial charge in [0.25, 0.3) is 0 Å². The maximum atomic E-state index is 11.9. The van der Waals surface area contributed by atoms with Gasteiger partial charge >= 0.3 is 6.03 Å². The van der Waals surface area contributed by atoms with Gasteiger partial charge in [-0.2, -0.15) is 0 Å². The van der Waals surface area contributed by atoms with E-state index >= 15 is 0 Å². The van der Waals surface area contributed by atoms with E-state index in [2.05, 4.69) is 10.6 Å². The number of rotatable bonds is 7. The molecular formula is C18H21ClN2O3. The molecule has 0 aliphatic carbocycles. The molecule has 128 valence electrons. The molecule has 0 fully saturated rings. The first-order valence-electron chi connectivity index (χ1n) is 7.63. The molecule has 0 bridgehead atoms. The molecule has 0 aromatic heterocycles. The van der Waals surface area contributed by atoms with Crippen LogP contribution in [0.1, 0.15) is 23.3 Å². The average Bonchev–Trinajstić information content (AvgIpc) is 2.61. The van der Waals surface area contributed by atoms with Gasteiger partial charge in [-0.3, -0.25) is 0 Å². The Balaban J connectivity index is 1.77. The molecule has 0 saturated heterocycles. The SMILES string of the molecule is COC(CNC(=O)NCC(O)c1ccc(Cl)cc1)c1ccccc1. The van der Waals surface area contributed by atoms with E-state index in [1.54, 1.807) is 31.4 Å². The lowest BCUT2D eigenvalue weighted by molar-refractivity contribution is 0.103. The van der Waals surface area contributed by atoms with Crippen LogP contribution in [0, 0.1) is 0 Å². The fraction of sp³-hybridized carbons (Fsp3) is 0.278. The molecular weight excluding hydrogens is 328 g/mol. The van der Waals surface area contributed by atoms with E-state index in [0.717, 1.165) is 5.56 Å². The van der Waals surface area contributed by atoms with Crippen LogP contribution >= 0.6 is 11.6 Å². The highest BCUT2D eigenvalue weighted by molar-refractivity contribution is 6.30. The van der Waals surface area contributed by atoms with Gasteiger partial charge in [0.05, 0.1) is 12.2 Å². The second kappa shape index (κ2) is 9.27. The van der Waals surface area contributed by atoms with E-state index in [0.29, 0.717) is 17.1 Å². The van der Waals surface area contributed by atoms with Crippen LogP contribution in [0.25, 0.3) is 0 Å². The maximum absolute atomic E-state index is 11.9. The van der Waals surface area contributed by atoms with Crippen molar-refractivity contribution in [3.63, 3.8) is 0 Å². The van der Waals surface area contributed by atoms with Gasteiger partial charge in [0.15, 0.2) is 0 Å². The van der Waals surface area contributed by atoms with Gasteiger partial charge in [-0.15, -0.1) is 0 Å². The lowest BCUT2D eigenvalue weighted by Crippen LogP contribution is -2.39. The van der Waals surface area contributed by atoms with Crippen LogP contribution in [-0.4, -0.2) is 31.3 Å². The number of nitrogens with one attached hydrogen (secondary N) is 2. The van der Waals surface area contributed by atoms with E-state index in [4.69, 9.17) is 16.3 Å². The third-order valence-corrected chi connectivity index (χ3v) is 3.87. The minimum Gasteiger partial charge on any atom is -0.387 e. The molecule has 2 rings (SSSR count). The van der Waals surface area contributed by atoms with Crippen molar-refractivity contribution < 1.29 is 14.6 Å². The Labute approximate surface area is 146 Å². The molecule has 2 atom stereocenters. The summed E-state index contributed by atoms with van der Waals surface area (Å²) in [5.41, 5.74) is 1.68. The van der Waals surface area contributed by atoms with Crippen molar-refractivity contribution in [1.29, 1.82) is 0 Å². The molecule has 2 unspecified atom stereocenters. The molecule has 2 aromatic rings. The molecule has 2 amide bonds. The van der Waals surface area contributed by atoms with Crippen LogP contribution in [0.4, 0.5) is 4.79 Å². The normalized spacial score (nSPS) is 13.1. The largest absolute Gasteiger partial charge is 0.387 e. The molecule has 0 aliphatic rings. The number of halogens is 1. The van der Waals surface area contributed by atoms with Crippen LogP contribution < -0.4 is 10.6 Å². The van der Waals surface area contributed by atoms with Crippen LogP contribution in [0.2, 0.25) is 5.02 Å². The van der Waals surface area contributed by atoms with Crippen LogP contribution in [0.5, 0.6) is 0 Å². The number of amides is 2. The lowest BCUT2D eigenvalue weighted by Gasteiger charge is -2.17. The van der Waals surface area contributed by atoms with Crippen LogP contribution in [0.15, 0.2) is 54.6 Å². The number of urea groups is 1. The molecule has 24 heavy (non-hydrogen) atoms. The predicted octanol–water partition coefficient (Wildman–Crippen LogP) is 3.06. The quantitative estimate of drug-likeness (QED) is 0.720. The van der Waals surface area contributed by atoms with E-state index in [9.17, 15) is 9.90 Å². The Hall–Kier alpha value is -2.08. The number of hydrogen-bond acceptors (Lipinski definition) is 3. The Morgan fingerprint density at radius 3 is 2.29 bits per heavy atom. The summed E-state index contributed by atoms with van der Waals surface area (Å²) < 4.78 is 5.39. The molecule has 0 spiro atoms. The van der Waals surface area contributed by atoms with Crippen molar-refractivity contribution in [2.24, 2.45) is 0 Å². The topological polar surface area (TPSA) is 70.6 Å². The zero-order chi connectivity index (χ0) is 17.4. The van der Waals surface area contributed by atoms with Crippen molar-refractivity contribution in [1.82, 2.24) is 10.6 Å². The fourth-order valence-electron chi connectivity index (χ4n) is 2.25. The molecule has 0 radical (unpaired) electrons. The van der Waals surface area contributed by atoms with Gasteiger partial charge in [0.1, 0.15) is 0 Å². The summed E-state index contributed by atoms with van der Waals surface area (Å²) in [6.07, 6.45) is -1.02. The summed E-state index contributed by atoms with van der Waals surface area (Å²) in [4.78, 5) is 11.9. The summed E-state index contributed by atoms with van der Waals surface area (Å²) in [6.45, 7) is 0.444. The van der Waals surface area contributed by atoms with E-state index in [1.807, 2.05) is 30.3 Å². The summed E-state index contributed by atoms with van der Waals surface area (Å²) in [5.74, 6) is 0. The number of aliphatic hydroxyl groups is 1. The zero-order valence-corrected chi connectivity index (χ0v) is 14.2. The highest BCUT2D eigenvalue weighted by Crippen LogP contribution is 2.16. The zero-order valence-electron chi connectivity index (χ0n) is 13.4. The van der Waals surface area contributed by atoms with Gasteiger partial charge in [-0.25, -0.2) is 4.79 Å². The Kier molecular flexibility index (Phi) is 7.06. The summed E-state index contributed by atoms with van der Waals surface area (Å²) in [6, 6.07) is 16.1. The second-order valence-electron chi connectivity index (χ2n) is 5.29. The van der Waals surface area contributed by atoms with Crippen molar-refractivity contribution in [3.8, 4) is 0 Å². The molecule has 6 heteroatoms. The molecule has 0 heterocycles. The Morgan fingerprint density at radius 2 is 1.67 bits per heavy atom. The number of ether oxygens (including phenoxy) is 1. The molecule has 3 N–H and O–H groups in total. The van der Waals surface area contributed by atoms with E-state index in [1.165, 1.54) is 0 Å². The van der Waals surface area contributed by atoms with Crippen molar-refractivity contribution in [2.75, 3.05) is 20.2 Å². The minimum absolute atomic E-state index is 0.108. The molecule has 0 aliphatic heterocycles. The summed E-state index contributed by atoms with van der Waals surface area (Å²) in [7, 11) is 1.60. The standard InChI is InChI=1S/C18H21ClN2O3/c1-24-17(14-5-3-2-4-6-14)12-21-18(23)20-11-16(22)13-7-9-15(19)10-8-13/h2-10,16-17,22H,11-12H2,1H3,(H2,20,21,23). The first kappa shape index (κ1) is 18.3. The van der Waals surface area contributed by atoms with Crippen LogP contribution in [0.3, 0.4) is 0 Å². The number of carbonyl (C=O) groups is 1. The number of benzene rings is 2. The van der Waals surface area contributed by atoms with Gasteiger partial charge in [-0.05, 0) is 23.3 Å². The lowest BCUT2D eigenvalue weighted by atomic mass is 10.1. The smallest absolute Gasteiger partial charge is 0.314 e. The summed E-state index contributed by atoms with van der Waals surface area (Å²) >= 11 is 5.81. The fourth-order valence-corrected chi connectivity index (χ4v) is 2.37. The van der Waals surface area contributed by atoms with E-state index < -0.39 is 6.10 Å². The average molecular weight is 349 g/mol. The highest BCUT2D eigenvalue weighted by Gasteiger charge is 2.13. The number of carbonyl (C=O) groups excluding carboxylic acids is 1. The third-order valence-electron chi connectivity index (χ3n) is 3.61. The molecule has 2 aromatic carbocycles. The summed E-state index contributed by atoms with van der Waals surface area (Å²) in [5, 5.41) is 16.0. The van der Waals surface area contributed by atoms with Gasteiger partial charge in [0.2, 0.25) is 0 Å². The van der Waals surface area contributed by atoms with Gasteiger partial charge in [-0.1, -0.05) is 54.1 Å². The Bertz CT molecular complexity index is 634. The number of aliphatic hydroxyl groups excluding tert-OH is 1. The molecule has 5 nitrogen and oxygen atoms in total. The van der Waals surface area contributed by atoms with Crippen molar-refractivity contribution >= 4 is 17.6 Å².